The molecule has 240 valence electrons. The number of amidine groups is 2. The van der Waals surface area contributed by atoms with E-state index in [4.69, 9.17) is 9.98 Å². The normalized spacial score (nSPS) is 14.9. The van der Waals surface area contributed by atoms with Crippen LogP contribution in [0.5, 0.6) is 0 Å². The lowest BCUT2D eigenvalue weighted by Gasteiger charge is -2.26. The van der Waals surface area contributed by atoms with Crippen molar-refractivity contribution >= 4 is 96.5 Å². The average molecular weight is 689 g/mol. The third kappa shape index (κ3) is 4.43. The Kier molecular flexibility index (Phi) is 6.32. The summed E-state index contributed by atoms with van der Waals surface area (Å²) in [5.41, 5.74) is 6.77. The first-order valence-corrected chi connectivity index (χ1v) is 18.7. The molecule has 51 heavy (non-hydrogen) atoms. The van der Waals surface area contributed by atoms with Gasteiger partial charge in [-0.3, -0.25) is 0 Å². The lowest BCUT2D eigenvalue weighted by Crippen LogP contribution is -2.36. The van der Waals surface area contributed by atoms with Crippen LogP contribution in [0.25, 0.3) is 73.3 Å². The number of hydrogen-bond donors (Lipinski definition) is 1. The van der Waals surface area contributed by atoms with Crippen molar-refractivity contribution in [2.24, 2.45) is 9.98 Å². The first kappa shape index (κ1) is 28.7. The van der Waals surface area contributed by atoms with Crippen LogP contribution in [0.2, 0.25) is 0 Å². The highest BCUT2D eigenvalue weighted by atomic mass is 32.1. The molecule has 0 aliphatic carbocycles. The van der Waals surface area contributed by atoms with Gasteiger partial charge in [-0.25, -0.2) is 9.98 Å². The molecule has 10 aromatic rings. The van der Waals surface area contributed by atoms with Gasteiger partial charge in [-0.1, -0.05) is 127 Å². The van der Waals surface area contributed by atoms with Crippen molar-refractivity contribution in [3.8, 4) is 11.1 Å². The maximum atomic E-state index is 5.33. The highest BCUT2D eigenvalue weighted by Gasteiger charge is 2.26. The van der Waals surface area contributed by atoms with E-state index < -0.39 is 6.29 Å². The van der Waals surface area contributed by atoms with E-state index in [0.29, 0.717) is 5.84 Å². The van der Waals surface area contributed by atoms with Crippen LogP contribution in [0.3, 0.4) is 0 Å². The molecule has 4 heterocycles. The van der Waals surface area contributed by atoms with Gasteiger partial charge in [0.1, 0.15) is 5.84 Å². The van der Waals surface area contributed by atoms with E-state index in [1.807, 2.05) is 46.9 Å². The molecule has 0 saturated heterocycles. The summed E-state index contributed by atoms with van der Waals surface area (Å²) >= 11 is 3.75. The molecule has 1 N–H and O–H groups in total. The topological polar surface area (TPSA) is 41.7 Å². The number of hydrogen-bond acceptors (Lipinski definition) is 5. The minimum atomic E-state index is -0.420. The van der Waals surface area contributed by atoms with Crippen LogP contribution < -0.4 is 5.32 Å². The van der Waals surface area contributed by atoms with E-state index in [2.05, 4.69) is 143 Å². The van der Waals surface area contributed by atoms with Gasteiger partial charge in [-0.2, -0.15) is 0 Å². The zero-order chi connectivity index (χ0) is 33.5. The van der Waals surface area contributed by atoms with Gasteiger partial charge in [0.05, 0.1) is 11.0 Å². The van der Waals surface area contributed by atoms with Gasteiger partial charge in [-0.05, 0) is 41.5 Å². The van der Waals surface area contributed by atoms with Crippen LogP contribution in [-0.2, 0) is 0 Å². The molecule has 1 unspecified atom stereocenters. The molecule has 6 heteroatoms. The summed E-state index contributed by atoms with van der Waals surface area (Å²) in [6.07, 6.45) is -0.420. The second-order valence-electron chi connectivity index (χ2n) is 13.0. The summed E-state index contributed by atoms with van der Waals surface area (Å²) < 4.78 is 7.61. The maximum absolute atomic E-state index is 5.33. The molecule has 1 aliphatic rings. The van der Waals surface area contributed by atoms with Gasteiger partial charge in [0.15, 0.2) is 5.84 Å². The molecular formula is C45H28N4S2. The van der Waals surface area contributed by atoms with Crippen molar-refractivity contribution in [3.63, 3.8) is 0 Å². The number of fused-ring (bicyclic) bond motifs is 10. The van der Waals surface area contributed by atoms with Crippen molar-refractivity contribution in [1.29, 1.82) is 0 Å². The first-order valence-electron chi connectivity index (χ1n) is 17.1. The van der Waals surface area contributed by atoms with Crippen molar-refractivity contribution < 1.29 is 0 Å². The van der Waals surface area contributed by atoms with Gasteiger partial charge in [0.25, 0.3) is 0 Å². The molecule has 4 nitrogen and oxygen atoms in total. The number of nitrogens with one attached hydrogen (secondary N) is 1. The highest BCUT2D eigenvalue weighted by Crippen LogP contribution is 2.46. The fourth-order valence-electron chi connectivity index (χ4n) is 7.75. The van der Waals surface area contributed by atoms with Gasteiger partial charge >= 0.3 is 0 Å². The molecule has 0 saturated carbocycles. The Morgan fingerprint density at radius 1 is 0.490 bits per heavy atom. The largest absolute Gasteiger partial charge is 0.331 e. The predicted octanol–water partition coefficient (Wildman–Crippen LogP) is 12.2. The van der Waals surface area contributed by atoms with Crippen LogP contribution in [0.1, 0.15) is 17.4 Å². The van der Waals surface area contributed by atoms with E-state index in [0.717, 1.165) is 28.0 Å². The van der Waals surface area contributed by atoms with Gasteiger partial charge < -0.3 is 9.88 Å². The predicted molar refractivity (Wildman–Crippen MR) is 219 cm³/mol. The number of aromatic nitrogens is 1. The van der Waals surface area contributed by atoms with Gasteiger partial charge in [-0.15, -0.1) is 22.7 Å². The molecular weight excluding hydrogens is 661 g/mol. The Hall–Kier alpha value is -6.08. The Morgan fingerprint density at radius 2 is 1.12 bits per heavy atom. The van der Waals surface area contributed by atoms with Gasteiger partial charge in [0.2, 0.25) is 6.29 Å². The molecule has 0 bridgehead atoms. The molecule has 11 rings (SSSR count). The molecule has 0 radical (unpaired) electrons. The lowest BCUT2D eigenvalue weighted by molar-refractivity contribution is 0.516. The molecule has 0 spiro atoms. The fraction of sp³-hybridized carbons (Fsp3) is 0.0222. The van der Waals surface area contributed by atoms with Crippen molar-refractivity contribution in [2.45, 2.75) is 6.29 Å². The summed E-state index contributed by atoms with van der Waals surface area (Å²) in [5.74, 6) is 1.52. The number of nitrogens with zero attached hydrogens (tertiary/aromatic N) is 3. The Labute approximate surface area is 301 Å². The monoisotopic (exact) mass is 688 g/mol. The lowest BCUT2D eigenvalue weighted by atomic mass is 10.00. The van der Waals surface area contributed by atoms with E-state index in [1.54, 1.807) is 0 Å². The van der Waals surface area contributed by atoms with Crippen molar-refractivity contribution in [2.75, 3.05) is 0 Å². The molecule has 1 atom stereocenters. The second-order valence-corrected chi connectivity index (χ2v) is 15.1. The van der Waals surface area contributed by atoms with Gasteiger partial charge in [0, 0.05) is 62.2 Å². The van der Waals surface area contributed by atoms with Crippen LogP contribution in [0.15, 0.2) is 168 Å². The Morgan fingerprint density at radius 3 is 1.88 bits per heavy atom. The highest BCUT2D eigenvalue weighted by molar-refractivity contribution is 7.27. The summed E-state index contributed by atoms with van der Waals surface area (Å²) in [5, 5.41) is 11.4. The first-order chi connectivity index (χ1) is 25.3. The Balaban J connectivity index is 1.20. The van der Waals surface area contributed by atoms with E-state index in [1.165, 1.54) is 62.2 Å². The quantitative estimate of drug-likeness (QED) is 0.196. The van der Waals surface area contributed by atoms with Crippen molar-refractivity contribution in [3.05, 3.63) is 169 Å². The average Bonchev–Trinajstić information content (AvgIpc) is 3.87. The number of thiophene rings is 2. The molecule has 1 aliphatic heterocycles. The minimum absolute atomic E-state index is 0.420. The third-order valence-electron chi connectivity index (χ3n) is 10.1. The van der Waals surface area contributed by atoms with Crippen LogP contribution in [-0.4, -0.2) is 16.2 Å². The number of benzene rings is 7. The molecule has 0 amide bonds. The van der Waals surface area contributed by atoms with Crippen LogP contribution in [0, 0.1) is 0 Å². The second kappa shape index (κ2) is 11.2. The van der Waals surface area contributed by atoms with Crippen LogP contribution in [0.4, 0.5) is 0 Å². The smallest absolute Gasteiger partial charge is 0.204 e. The number of rotatable bonds is 4. The van der Waals surface area contributed by atoms with E-state index in [-0.39, 0.29) is 0 Å². The zero-order valence-electron chi connectivity index (χ0n) is 27.2. The fourth-order valence-corrected chi connectivity index (χ4v) is 10.2. The number of aliphatic imine (C=N–C) groups is 2. The molecule has 7 aromatic carbocycles. The SMILES string of the molecule is c1ccc(C2=NC(n3c4ccc(-c5cccc6c5sc5ccccc56)cc4c4c5sc6ccccc6c5ccc43)NC(c3ccccc3)=N2)cc1. The zero-order valence-corrected chi connectivity index (χ0v) is 28.9. The standard InChI is InChI=1S/C45H28N4S2/c1-3-12-27(13-4-1)43-46-44(28-14-5-2-6-15-28)48-45(47-43)49-36-24-22-29(30-18-11-19-33-31-16-7-9-20-38(31)50-41(30)33)26-35(36)40-37(49)25-23-34-32-17-8-10-21-39(32)51-42(34)40/h1-26,45H,(H,46,47,48). The third-order valence-corrected chi connectivity index (χ3v) is 12.5. The van der Waals surface area contributed by atoms with Crippen molar-refractivity contribution in [1.82, 2.24) is 9.88 Å². The summed E-state index contributed by atoms with van der Waals surface area (Å²) in [6.45, 7) is 0. The van der Waals surface area contributed by atoms with Crippen LogP contribution >= 0.6 is 22.7 Å². The summed E-state index contributed by atoms with van der Waals surface area (Å²) in [7, 11) is 0. The molecule has 0 fully saturated rings. The Bertz CT molecular complexity index is 3060. The van der Waals surface area contributed by atoms with E-state index in [9.17, 15) is 0 Å². The summed E-state index contributed by atoms with van der Waals surface area (Å²) in [6, 6.07) is 56.4. The summed E-state index contributed by atoms with van der Waals surface area (Å²) in [4.78, 5) is 10.4. The minimum Gasteiger partial charge on any atom is -0.331 e. The molecule has 3 aromatic heterocycles. The maximum Gasteiger partial charge on any atom is 0.204 e. The van der Waals surface area contributed by atoms with E-state index >= 15 is 0 Å².